The number of hydrogen-bond acceptors (Lipinski definition) is 4. The molecular weight excluding hydrogens is 422 g/mol. The predicted octanol–water partition coefficient (Wildman–Crippen LogP) is 4.64. The maximum absolute atomic E-state index is 12.4. The van der Waals surface area contributed by atoms with Crippen LogP contribution < -0.4 is 10.1 Å². The molecule has 5 nitrogen and oxygen atoms in total. The molecule has 0 bridgehead atoms. The first-order valence-corrected chi connectivity index (χ1v) is 12.4. The zero-order valence-corrected chi connectivity index (χ0v) is 19.7. The summed E-state index contributed by atoms with van der Waals surface area (Å²) in [7, 11) is 0. The van der Waals surface area contributed by atoms with Gasteiger partial charge in [0.05, 0.1) is 18.2 Å². The first-order valence-electron chi connectivity index (χ1n) is 12.4. The molecule has 1 aromatic rings. The Morgan fingerprint density at radius 2 is 1.91 bits per heavy atom. The number of nitrogens with zero attached hydrogens (tertiary/aromatic N) is 2. The Morgan fingerprint density at radius 1 is 1.12 bits per heavy atom. The molecular formula is C26H36ClN3O2. The Bertz CT molecular complexity index is 840. The highest BCUT2D eigenvalue weighted by molar-refractivity contribution is 5.85. The van der Waals surface area contributed by atoms with Crippen LogP contribution in [0, 0.1) is 29.1 Å². The van der Waals surface area contributed by atoms with Crippen LogP contribution in [0.2, 0.25) is 0 Å². The Labute approximate surface area is 198 Å². The first kappa shape index (κ1) is 23.4. The van der Waals surface area contributed by atoms with Crippen LogP contribution in [0.3, 0.4) is 0 Å². The zero-order valence-electron chi connectivity index (χ0n) is 18.9. The van der Waals surface area contributed by atoms with Crippen LogP contribution in [0.4, 0.5) is 0 Å². The van der Waals surface area contributed by atoms with Crippen LogP contribution >= 0.6 is 12.4 Å². The predicted molar refractivity (Wildman–Crippen MR) is 127 cm³/mol. The summed E-state index contributed by atoms with van der Waals surface area (Å²) in [6, 6.07) is 8.54. The lowest BCUT2D eigenvalue weighted by atomic mass is 9.84. The number of carbonyl (C=O) groups is 1. The summed E-state index contributed by atoms with van der Waals surface area (Å²) in [5.74, 6) is 3.41. The largest absolute Gasteiger partial charge is 0.493 e. The van der Waals surface area contributed by atoms with Gasteiger partial charge in [-0.1, -0.05) is 12.8 Å². The van der Waals surface area contributed by atoms with Crippen LogP contribution in [0.5, 0.6) is 5.75 Å². The topological polar surface area (TPSA) is 65.4 Å². The van der Waals surface area contributed by atoms with Gasteiger partial charge in [0.1, 0.15) is 5.75 Å². The summed E-state index contributed by atoms with van der Waals surface area (Å²) in [5.41, 5.74) is 1.97. The average molecular weight is 458 g/mol. The van der Waals surface area contributed by atoms with Crippen molar-refractivity contribution in [1.29, 1.82) is 5.26 Å². The second-order valence-corrected chi connectivity index (χ2v) is 10.3. The number of fused-ring (bicyclic) bond motifs is 3. The van der Waals surface area contributed by atoms with E-state index in [-0.39, 0.29) is 18.3 Å². The molecule has 5 rings (SSSR count). The van der Waals surface area contributed by atoms with Gasteiger partial charge in [0.15, 0.2) is 0 Å². The number of hydrogen-bond donors (Lipinski definition) is 1. The van der Waals surface area contributed by atoms with Gasteiger partial charge in [-0.3, -0.25) is 4.79 Å². The molecule has 2 aliphatic heterocycles. The summed E-state index contributed by atoms with van der Waals surface area (Å²) >= 11 is 0. The van der Waals surface area contributed by atoms with Crippen LogP contribution in [-0.4, -0.2) is 43.1 Å². The molecule has 2 saturated carbocycles. The van der Waals surface area contributed by atoms with E-state index >= 15 is 0 Å². The number of carbonyl (C=O) groups excluding carboxylic acids is 1. The third-order valence-electron chi connectivity index (χ3n) is 8.28. The van der Waals surface area contributed by atoms with E-state index in [1.807, 2.05) is 18.2 Å². The zero-order chi connectivity index (χ0) is 21.2. The fourth-order valence-corrected chi connectivity index (χ4v) is 6.37. The lowest BCUT2D eigenvalue weighted by Gasteiger charge is -2.31. The standard InChI is InChI=1S/C26H35N3O2.ClH/c27-14-19-7-10-25-23(13-19)24-16-29(15-21(24)17-31-25)12-11-18-5-8-22(9-6-18)28-26(30)20-3-1-2-4-20;/h7,10,13,18,20-22,24H,1-6,8-9,11-12,15-17H2,(H,28,30);1H/t18?,21-,22?,24+;/m0./s1. The van der Waals surface area contributed by atoms with Crippen molar-refractivity contribution in [2.75, 3.05) is 26.2 Å². The molecule has 1 aromatic carbocycles. The van der Waals surface area contributed by atoms with Gasteiger partial charge in [-0.15, -0.1) is 12.4 Å². The number of ether oxygens (including phenoxy) is 1. The summed E-state index contributed by atoms with van der Waals surface area (Å²) in [6.45, 7) is 4.15. The van der Waals surface area contributed by atoms with Crippen LogP contribution in [0.15, 0.2) is 18.2 Å². The second-order valence-electron chi connectivity index (χ2n) is 10.3. The van der Waals surface area contributed by atoms with Crippen molar-refractivity contribution in [3.63, 3.8) is 0 Å². The fraction of sp³-hybridized carbons (Fsp3) is 0.692. The Hall–Kier alpha value is -1.77. The smallest absolute Gasteiger partial charge is 0.223 e. The average Bonchev–Trinajstić information content (AvgIpc) is 3.48. The SMILES string of the molecule is Cl.N#Cc1ccc2c(c1)[C@@H]1CN(CCC3CCC(NC(=O)C4CCCC4)CC3)C[C@H]1CO2. The molecule has 0 spiro atoms. The number of nitrogens with one attached hydrogen (secondary N) is 1. The lowest BCUT2D eigenvalue weighted by Crippen LogP contribution is -2.40. The molecule has 2 heterocycles. The second kappa shape index (κ2) is 10.4. The van der Waals surface area contributed by atoms with Gasteiger partial charge in [0, 0.05) is 42.4 Å². The molecule has 1 amide bonds. The summed E-state index contributed by atoms with van der Waals surface area (Å²) in [4.78, 5) is 15.0. The highest BCUT2D eigenvalue weighted by Crippen LogP contribution is 2.42. The fourth-order valence-electron chi connectivity index (χ4n) is 6.37. The van der Waals surface area contributed by atoms with E-state index in [2.05, 4.69) is 16.3 Å². The van der Waals surface area contributed by atoms with E-state index in [0.717, 1.165) is 69.2 Å². The van der Waals surface area contributed by atoms with Crippen LogP contribution in [0.1, 0.15) is 74.8 Å². The molecule has 0 unspecified atom stereocenters. The minimum Gasteiger partial charge on any atom is -0.493 e. The van der Waals surface area contributed by atoms with E-state index < -0.39 is 0 Å². The Morgan fingerprint density at radius 3 is 2.66 bits per heavy atom. The van der Waals surface area contributed by atoms with Gasteiger partial charge in [-0.05, 0) is 75.6 Å². The van der Waals surface area contributed by atoms with Gasteiger partial charge < -0.3 is 15.0 Å². The third kappa shape index (κ3) is 5.07. The number of likely N-dealkylation sites (tertiary alicyclic amines) is 1. The molecule has 1 N–H and O–H groups in total. The minimum absolute atomic E-state index is 0. The Kier molecular flexibility index (Phi) is 7.63. The van der Waals surface area contributed by atoms with Gasteiger partial charge in [-0.25, -0.2) is 0 Å². The van der Waals surface area contributed by atoms with Crippen molar-refractivity contribution < 1.29 is 9.53 Å². The van der Waals surface area contributed by atoms with Gasteiger partial charge >= 0.3 is 0 Å². The molecule has 32 heavy (non-hydrogen) atoms. The molecule has 2 atom stereocenters. The first-order chi connectivity index (χ1) is 15.2. The van der Waals surface area contributed by atoms with E-state index in [0.29, 0.717) is 23.8 Å². The number of rotatable bonds is 5. The van der Waals surface area contributed by atoms with E-state index in [1.165, 1.54) is 37.7 Å². The van der Waals surface area contributed by atoms with Gasteiger partial charge in [0.2, 0.25) is 5.91 Å². The molecule has 6 heteroatoms. The lowest BCUT2D eigenvalue weighted by molar-refractivity contribution is -0.125. The molecule has 1 saturated heterocycles. The highest BCUT2D eigenvalue weighted by atomic mass is 35.5. The van der Waals surface area contributed by atoms with Gasteiger partial charge in [0.25, 0.3) is 0 Å². The minimum atomic E-state index is 0. The van der Waals surface area contributed by atoms with Crippen molar-refractivity contribution >= 4 is 18.3 Å². The number of benzene rings is 1. The highest BCUT2D eigenvalue weighted by Gasteiger charge is 2.39. The molecule has 2 aliphatic carbocycles. The van der Waals surface area contributed by atoms with Crippen LogP contribution in [0.25, 0.3) is 0 Å². The normalized spacial score (nSPS) is 29.8. The molecule has 3 fully saturated rings. The molecule has 0 aromatic heterocycles. The monoisotopic (exact) mass is 457 g/mol. The quantitative estimate of drug-likeness (QED) is 0.699. The number of amides is 1. The number of nitriles is 1. The maximum atomic E-state index is 12.4. The number of halogens is 1. The maximum Gasteiger partial charge on any atom is 0.223 e. The molecule has 4 aliphatic rings. The summed E-state index contributed by atoms with van der Waals surface area (Å²) in [5, 5.41) is 12.6. The molecule has 0 radical (unpaired) electrons. The van der Waals surface area contributed by atoms with Crippen molar-refractivity contribution in [3.8, 4) is 11.8 Å². The van der Waals surface area contributed by atoms with E-state index in [9.17, 15) is 10.1 Å². The Balaban J connectivity index is 0.00000245. The summed E-state index contributed by atoms with van der Waals surface area (Å²) < 4.78 is 5.99. The van der Waals surface area contributed by atoms with Crippen LogP contribution in [-0.2, 0) is 4.79 Å². The van der Waals surface area contributed by atoms with Crippen molar-refractivity contribution in [2.24, 2.45) is 17.8 Å². The summed E-state index contributed by atoms with van der Waals surface area (Å²) in [6.07, 6.45) is 10.7. The van der Waals surface area contributed by atoms with Crippen molar-refractivity contribution in [2.45, 2.75) is 69.7 Å². The van der Waals surface area contributed by atoms with E-state index in [4.69, 9.17) is 4.74 Å². The third-order valence-corrected chi connectivity index (χ3v) is 8.28. The molecule has 174 valence electrons. The van der Waals surface area contributed by atoms with Crippen molar-refractivity contribution in [1.82, 2.24) is 10.2 Å². The van der Waals surface area contributed by atoms with Gasteiger partial charge in [-0.2, -0.15) is 5.26 Å². The van der Waals surface area contributed by atoms with E-state index in [1.54, 1.807) is 0 Å². The van der Waals surface area contributed by atoms with Crippen molar-refractivity contribution in [3.05, 3.63) is 29.3 Å².